The third-order valence-corrected chi connectivity index (χ3v) is 3.00. The van der Waals surface area contributed by atoms with E-state index in [0.29, 0.717) is 19.5 Å². The summed E-state index contributed by atoms with van der Waals surface area (Å²) in [6.07, 6.45) is 1.28. The maximum atomic E-state index is 11.8. The van der Waals surface area contributed by atoms with Crippen LogP contribution in [-0.4, -0.2) is 72.2 Å². The van der Waals surface area contributed by atoms with Gasteiger partial charge in [-0.15, -0.1) is 0 Å². The quantitative estimate of drug-likeness (QED) is 0.499. The van der Waals surface area contributed by atoms with E-state index < -0.39 is 0 Å². The number of nitrogens with zero attached hydrogens (tertiary/aromatic N) is 2. The summed E-state index contributed by atoms with van der Waals surface area (Å²) in [6, 6.07) is 0. The van der Waals surface area contributed by atoms with E-state index in [1.165, 1.54) is 20.8 Å². The lowest BCUT2D eigenvalue weighted by Gasteiger charge is -2.25. The van der Waals surface area contributed by atoms with Crippen LogP contribution in [0.1, 0.15) is 40.5 Å². The Morgan fingerprint density at radius 2 is 1.05 bits per heavy atom. The van der Waals surface area contributed by atoms with Crippen molar-refractivity contribution in [1.29, 1.82) is 0 Å². The zero-order valence-electron chi connectivity index (χ0n) is 14.2. The van der Waals surface area contributed by atoms with E-state index in [4.69, 9.17) is 0 Å². The fourth-order valence-corrected chi connectivity index (χ4v) is 2.26. The van der Waals surface area contributed by atoms with Crippen molar-refractivity contribution in [3.05, 3.63) is 0 Å². The highest BCUT2D eigenvalue weighted by Gasteiger charge is 2.15. The topological polar surface area (TPSA) is 74.8 Å². The Morgan fingerprint density at radius 3 is 1.36 bits per heavy atom. The van der Waals surface area contributed by atoms with Crippen LogP contribution in [0.3, 0.4) is 0 Å². The van der Waals surface area contributed by atoms with Gasteiger partial charge in [-0.1, -0.05) is 6.92 Å². The molecule has 0 aromatic heterocycles. The molecule has 0 radical (unpaired) electrons. The third-order valence-electron chi connectivity index (χ3n) is 3.00. The Balaban J connectivity index is 4.59. The van der Waals surface area contributed by atoms with Crippen molar-refractivity contribution in [2.24, 2.45) is 0 Å². The van der Waals surface area contributed by atoms with Crippen molar-refractivity contribution in [3.8, 4) is 0 Å². The van der Waals surface area contributed by atoms with Gasteiger partial charge in [-0.05, 0) is 27.2 Å². The van der Waals surface area contributed by atoms with Gasteiger partial charge in [0.15, 0.2) is 0 Å². The van der Waals surface area contributed by atoms with Gasteiger partial charge < -0.3 is 0 Å². The van der Waals surface area contributed by atoms with Gasteiger partial charge in [-0.2, -0.15) is 0 Å². The summed E-state index contributed by atoms with van der Waals surface area (Å²) in [6.45, 7) is 8.20. The molecule has 0 spiro atoms. The number of ketones is 4. The standard InChI is InChI=1S/C16H28N2O4/c1-5-6-16(22)12-18(11-15(4)21)8-7-17(9-13(2)19)10-14(3)20/h5-12H2,1-4H3. The second-order valence-corrected chi connectivity index (χ2v) is 5.82. The summed E-state index contributed by atoms with van der Waals surface area (Å²) in [5.74, 6) is 0.0743. The molecule has 0 rings (SSSR count). The molecule has 126 valence electrons. The maximum absolute atomic E-state index is 11.8. The van der Waals surface area contributed by atoms with Gasteiger partial charge in [0.2, 0.25) is 0 Å². The molecule has 0 N–H and O–H groups in total. The van der Waals surface area contributed by atoms with E-state index in [1.54, 1.807) is 9.80 Å². The van der Waals surface area contributed by atoms with Gasteiger partial charge in [-0.3, -0.25) is 29.0 Å². The molecule has 0 fully saturated rings. The lowest BCUT2D eigenvalue weighted by atomic mass is 10.2. The Morgan fingerprint density at radius 1 is 0.682 bits per heavy atom. The second kappa shape index (κ2) is 11.2. The molecule has 0 aromatic rings. The van der Waals surface area contributed by atoms with E-state index in [-0.39, 0.29) is 49.3 Å². The molecule has 0 atom stereocenters. The smallest absolute Gasteiger partial charge is 0.146 e. The zero-order valence-corrected chi connectivity index (χ0v) is 14.2. The highest BCUT2D eigenvalue weighted by molar-refractivity contribution is 5.82. The number of rotatable bonds is 13. The van der Waals surface area contributed by atoms with Crippen LogP contribution in [-0.2, 0) is 19.2 Å². The van der Waals surface area contributed by atoms with Crippen LogP contribution in [0.15, 0.2) is 0 Å². The summed E-state index contributed by atoms with van der Waals surface area (Å²) in [4.78, 5) is 49.1. The van der Waals surface area contributed by atoms with E-state index in [9.17, 15) is 19.2 Å². The van der Waals surface area contributed by atoms with Gasteiger partial charge in [0.1, 0.15) is 23.1 Å². The number of hydrogen-bond acceptors (Lipinski definition) is 6. The highest BCUT2D eigenvalue weighted by atomic mass is 16.1. The number of hydrogen-bond donors (Lipinski definition) is 0. The predicted octanol–water partition coefficient (Wildman–Crippen LogP) is 0.727. The minimum absolute atomic E-state index is 0.00557. The molecule has 0 aliphatic carbocycles. The minimum atomic E-state index is -0.0126. The average Bonchev–Trinajstić information content (AvgIpc) is 2.33. The predicted molar refractivity (Wildman–Crippen MR) is 84.8 cm³/mol. The minimum Gasteiger partial charge on any atom is -0.299 e. The summed E-state index contributed by atoms with van der Waals surface area (Å²) >= 11 is 0. The first-order valence-corrected chi connectivity index (χ1v) is 7.69. The van der Waals surface area contributed by atoms with E-state index in [2.05, 4.69) is 0 Å². The maximum Gasteiger partial charge on any atom is 0.146 e. The van der Waals surface area contributed by atoms with Gasteiger partial charge in [0, 0.05) is 19.5 Å². The Kier molecular flexibility index (Phi) is 10.5. The first-order chi connectivity index (χ1) is 10.2. The molecule has 6 nitrogen and oxygen atoms in total. The Hall–Kier alpha value is -1.40. The summed E-state index contributed by atoms with van der Waals surface area (Å²) < 4.78 is 0. The van der Waals surface area contributed by atoms with Gasteiger partial charge in [0.05, 0.1) is 26.2 Å². The molecule has 0 aliphatic heterocycles. The first kappa shape index (κ1) is 20.6. The third kappa shape index (κ3) is 11.3. The fraction of sp³-hybridized carbons (Fsp3) is 0.750. The van der Waals surface area contributed by atoms with Crippen LogP contribution in [0.5, 0.6) is 0 Å². The first-order valence-electron chi connectivity index (χ1n) is 7.69. The van der Waals surface area contributed by atoms with Gasteiger partial charge >= 0.3 is 0 Å². The number of carbonyl (C=O) groups excluding carboxylic acids is 4. The van der Waals surface area contributed by atoms with Crippen LogP contribution < -0.4 is 0 Å². The van der Waals surface area contributed by atoms with Gasteiger partial charge in [-0.25, -0.2) is 0 Å². The lowest BCUT2D eigenvalue weighted by Crippen LogP contribution is -2.42. The van der Waals surface area contributed by atoms with E-state index >= 15 is 0 Å². The summed E-state index contributed by atoms with van der Waals surface area (Å²) in [7, 11) is 0. The average molecular weight is 312 g/mol. The SMILES string of the molecule is CCCC(=O)CN(CCN(CC(C)=O)CC(C)=O)CC(C)=O. The van der Waals surface area contributed by atoms with Gasteiger partial charge in [0.25, 0.3) is 0 Å². The molecule has 0 heterocycles. The molecule has 22 heavy (non-hydrogen) atoms. The zero-order chi connectivity index (χ0) is 17.1. The molecular formula is C16H28N2O4. The van der Waals surface area contributed by atoms with Crippen LogP contribution in [0, 0.1) is 0 Å². The van der Waals surface area contributed by atoms with E-state index in [1.807, 2.05) is 6.92 Å². The van der Waals surface area contributed by atoms with Crippen molar-refractivity contribution in [3.63, 3.8) is 0 Å². The molecular weight excluding hydrogens is 284 g/mol. The van der Waals surface area contributed by atoms with Crippen LogP contribution in [0.4, 0.5) is 0 Å². The normalized spacial score (nSPS) is 11.0. The second-order valence-electron chi connectivity index (χ2n) is 5.82. The number of carbonyl (C=O) groups is 4. The Labute approximate surface area is 132 Å². The van der Waals surface area contributed by atoms with Crippen molar-refractivity contribution in [2.75, 3.05) is 39.3 Å². The largest absolute Gasteiger partial charge is 0.299 e. The number of Topliss-reactive ketones (excluding diaryl/α,β-unsaturated/α-hetero) is 4. The fourth-order valence-electron chi connectivity index (χ4n) is 2.26. The monoisotopic (exact) mass is 312 g/mol. The lowest BCUT2D eigenvalue weighted by molar-refractivity contribution is -0.124. The van der Waals surface area contributed by atoms with Crippen LogP contribution >= 0.6 is 0 Å². The van der Waals surface area contributed by atoms with Crippen molar-refractivity contribution in [1.82, 2.24) is 9.80 Å². The molecule has 0 saturated carbocycles. The summed E-state index contributed by atoms with van der Waals surface area (Å²) in [5.41, 5.74) is 0. The molecule has 0 aromatic carbocycles. The molecule has 0 saturated heterocycles. The molecule has 0 bridgehead atoms. The van der Waals surface area contributed by atoms with Crippen LogP contribution in [0.2, 0.25) is 0 Å². The van der Waals surface area contributed by atoms with E-state index in [0.717, 1.165) is 6.42 Å². The summed E-state index contributed by atoms with van der Waals surface area (Å²) in [5, 5.41) is 0. The van der Waals surface area contributed by atoms with Crippen molar-refractivity contribution >= 4 is 23.1 Å². The Bertz CT molecular complexity index is 391. The highest BCUT2D eigenvalue weighted by Crippen LogP contribution is 1.98. The van der Waals surface area contributed by atoms with Crippen molar-refractivity contribution in [2.45, 2.75) is 40.5 Å². The van der Waals surface area contributed by atoms with Crippen molar-refractivity contribution < 1.29 is 19.2 Å². The molecule has 6 heteroatoms. The molecule has 0 amide bonds. The molecule has 0 aliphatic rings. The van der Waals surface area contributed by atoms with Crippen LogP contribution in [0.25, 0.3) is 0 Å². The molecule has 0 unspecified atom stereocenters.